The van der Waals surface area contributed by atoms with Crippen LogP contribution in [0.4, 0.5) is 0 Å². The molecule has 0 aromatic heterocycles. The molecule has 3 nitrogen and oxygen atoms in total. The fourth-order valence-corrected chi connectivity index (χ4v) is 2.79. The molecule has 1 saturated heterocycles. The third kappa shape index (κ3) is 7.20. The highest BCUT2D eigenvalue weighted by Crippen LogP contribution is 2.23. The van der Waals surface area contributed by atoms with Gasteiger partial charge < -0.3 is 14.6 Å². The lowest BCUT2D eigenvalue weighted by molar-refractivity contribution is -0.288. The van der Waals surface area contributed by atoms with Gasteiger partial charge in [0.1, 0.15) is 0 Å². The molecule has 3 heteroatoms. The summed E-state index contributed by atoms with van der Waals surface area (Å²) in [6.45, 7) is 6.26. The van der Waals surface area contributed by atoms with Crippen LogP contribution in [-0.4, -0.2) is 29.7 Å². The first-order valence-corrected chi connectivity index (χ1v) is 9.55. The van der Waals surface area contributed by atoms with Crippen molar-refractivity contribution in [3.8, 4) is 11.8 Å². The Balaban J connectivity index is 1.79. The number of hydrogen-bond donors (Lipinski definition) is 1. The Labute approximate surface area is 152 Å². The summed E-state index contributed by atoms with van der Waals surface area (Å²) in [6.07, 6.45) is 9.04. The number of aryl methyl sites for hydroxylation is 1. The van der Waals surface area contributed by atoms with Crippen molar-refractivity contribution in [3.05, 3.63) is 35.4 Å². The van der Waals surface area contributed by atoms with Crippen molar-refractivity contribution in [2.75, 3.05) is 13.2 Å². The van der Waals surface area contributed by atoms with Gasteiger partial charge in [-0.2, -0.15) is 0 Å². The van der Waals surface area contributed by atoms with Gasteiger partial charge >= 0.3 is 0 Å². The smallest absolute Gasteiger partial charge is 0.172 e. The van der Waals surface area contributed by atoms with E-state index in [9.17, 15) is 5.11 Å². The van der Waals surface area contributed by atoms with E-state index in [-0.39, 0.29) is 13.2 Å². The second-order valence-corrected chi connectivity index (χ2v) is 7.47. The molecule has 0 aliphatic carbocycles. The maximum Gasteiger partial charge on any atom is 0.172 e. The zero-order valence-corrected chi connectivity index (χ0v) is 15.9. The molecule has 1 heterocycles. The number of hydrogen-bond acceptors (Lipinski definition) is 3. The zero-order valence-electron chi connectivity index (χ0n) is 15.9. The van der Waals surface area contributed by atoms with Gasteiger partial charge in [-0.25, -0.2) is 0 Å². The number of aliphatic hydroxyl groups is 1. The minimum atomic E-state index is -1.23. The van der Waals surface area contributed by atoms with E-state index in [0.29, 0.717) is 0 Å². The van der Waals surface area contributed by atoms with Crippen molar-refractivity contribution in [3.63, 3.8) is 0 Å². The predicted molar refractivity (Wildman–Crippen MR) is 101 cm³/mol. The lowest BCUT2D eigenvalue weighted by Gasteiger charge is -2.37. The van der Waals surface area contributed by atoms with Crippen LogP contribution in [0.15, 0.2) is 24.3 Å². The van der Waals surface area contributed by atoms with Crippen molar-refractivity contribution >= 4 is 0 Å². The van der Waals surface area contributed by atoms with E-state index < -0.39 is 11.4 Å². The molecule has 0 saturated carbocycles. The maximum absolute atomic E-state index is 10.4. The van der Waals surface area contributed by atoms with Crippen molar-refractivity contribution in [1.82, 2.24) is 0 Å². The Morgan fingerprint density at radius 2 is 1.56 bits per heavy atom. The molecule has 2 rings (SSSR count). The Morgan fingerprint density at radius 1 is 0.960 bits per heavy atom. The van der Waals surface area contributed by atoms with Gasteiger partial charge in [0.15, 0.2) is 11.4 Å². The van der Waals surface area contributed by atoms with Crippen LogP contribution in [0.2, 0.25) is 0 Å². The largest absolute Gasteiger partial charge is 0.373 e. The zero-order chi connectivity index (χ0) is 18.2. The quantitative estimate of drug-likeness (QED) is 0.586. The molecule has 0 spiro atoms. The average Bonchev–Trinajstić information content (AvgIpc) is 2.60. The Hall–Kier alpha value is -1.34. The van der Waals surface area contributed by atoms with Crippen LogP contribution in [0, 0.1) is 11.8 Å². The Kier molecular flexibility index (Phi) is 7.50. The van der Waals surface area contributed by atoms with Gasteiger partial charge in [-0.1, -0.05) is 63.0 Å². The van der Waals surface area contributed by atoms with E-state index in [2.05, 4.69) is 30.9 Å². The van der Waals surface area contributed by atoms with Crippen molar-refractivity contribution in [2.24, 2.45) is 0 Å². The molecule has 0 unspecified atom stereocenters. The van der Waals surface area contributed by atoms with Crippen molar-refractivity contribution < 1.29 is 14.6 Å². The van der Waals surface area contributed by atoms with Gasteiger partial charge in [0, 0.05) is 5.56 Å². The third-order valence-corrected chi connectivity index (χ3v) is 4.53. The number of benzene rings is 1. The van der Waals surface area contributed by atoms with Crippen molar-refractivity contribution in [2.45, 2.75) is 77.1 Å². The second kappa shape index (κ2) is 9.38. The lowest BCUT2D eigenvalue weighted by Crippen LogP contribution is -2.50. The summed E-state index contributed by atoms with van der Waals surface area (Å²) < 4.78 is 11.0. The number of rotatable bonds is 7. The standard InChI is InChI=1S/C22H32O3/c1-4-5-6-7-8-9-10-19-11-13-20(14-12-19)15-16-22(23)17-24-21(2,3)25-18-22/h11-14,23H,4-10,17-18H2,1-3H3. The first-order valence-electron chi connectivity index (χ1n) is 9.55. The van der Waals surface area contributed by atoms with E-state index in [1.807, 2.05) is 26.0 Å². The molecule has 1 aromatic carbocycles. The minimum Gasteiger partial charge on any atom is -0.373 e. The van der Waals surface area contributed by atoms with Crippen LogP contribution in [-0.2, 0) is 15.9 Å². The SMILES string of the molecule is CCCCCCCCc1ccc(C#CC2(O)COC(C)(C)OC2)cc1. The normalized spacial score (nSPS) is 18.4. The number of unbranched alkanes of at least 4 members (excludes halogenated alkanes) is 5. The monoisotopic (exact) mass is 344 g/mol. The van der Waals surface area contributed by atoms with Crippen molar-refractivity contribution in [1.29, 1.82) is 0 Å². The summed E-state index contributed by atoms with van der Waals surface area (Å²) in [4.78, 5) is 0. The Morgan fingerprint density at radius 3 is 2.20 bits per heavy atom. The average molecular weight is 344 g/mol. The summed E-state index contributed by atoms with van der Waals surface area (Å²) in [5, 5.41) is 10.4. The van der Waals surface area contributed by atoms with Gasteiger partial charge in [-0.15, -0.1) is 0 Å². The fourth-order valence-electron chi connectivity index (χ4n) is 2.79. The van der Waals surface area contributed by atoms with E-state index in [1.165, 1.54) is 44.1 Å². The van der Waals surface area contributed by atoms with Gasteiger partial charge in [-0.05, 0) is 44.4 Å². The molecule has 0 amide bonds. The van der Waals surface area contributed by atoms with Gasteiger partial charge in [0.05, 0.1) is 13.2 Å². The summed E-state index contributed by atoms with van der Waals surface area (Å²) in [5.41, 5.74) is 1.03. The van der Waals surface area contributed by atoms with Crippen LogP contribution in [0.3, 0.4) is 0 Å². The fraction of sp³-hybridized carbons (Fsp3) is 0.636. The molecule has 1 aliphatic heterocycles. The predicted octanol–water partition coefficient (Wildman–Crippen LogP) is 4.46. The molecule has 1 aliphatic rings. The van der Waals surface area contributed by atoms with E-state index in [4.69, 9.17) is 9.47 Å². The summed E-state index contributed by atoms with van der Waals surface area (Å²) >= 11 is 0. The van der Waals surface area contributed by atoms with E-state index in [1.54, 1.807) is 0 Å². The molecule has 0 atom stereocenters. The summed E-state index contributed by atoms with van der Waals surface area (Å²) in [5.74, 6) is 5.29. The van der Waals surface area contributed by atoms with Gasteiger partial charge in [-0.3, -0.25) is 0 Å². The van der Waals surface area contributed by atoms with Crippen LogP contribution < -0.4 is 0 Å². The molecule has 0 radical (unpaired) electrons. The van der Waals surface area contributed by atoms with Gasteiger partial charge in [0.25, 0.3) is 0 Å². The summed E-state index contributed by atoms with van der Waals surface area (Å²) in [6, 6.07) is 8.32. The van der Waals surface area contributed by atoms with Gasteiger partial charge in [0.2, 0.25) is 0 Å². The second-order valence-electron chi connectivity index (χ2n) is 7.47. The molecular weight excluding hydrogens is 312 g/mol. The molecule has 1 fully saturated rings. The minimum absolute atomic E-state index is 0.170. The molecule has 0 bridgehead atoms. The molecule has 1 aromatic rings. The summed E-state index contributed by atoms with van der Waals surface area (Å²) in [7, 11) is 0. The first-order chi connectivity index (χ1) is 11.9. The van der Waals surface area contributed by atoms with E-state index in [0.717, 1.165) is 12.0 Å². The third-order valence-electron chi connectivity index (χ3n) is 4.53. The lowest BCUT2D eigenvalue weighted by atomic mass is 10.0. The first kappa shape index (κ1) is 20.0. The molecule has 1 N–H and O–H groups in total. The molecular formula is C22H32O3. The van der Waals surface area contributed by atoms with Crippen LogP contribution in [0.1, 0.15) is 70.4 Å². The van der Waals surface area contributed by atoms with Crippen LogP contribution >= 0.6 is 0 Å². The van der Waals surface area contributed by atoms with E-state index >= 15 is 0 Å². The van der Waals surface area contributed by atoms with Crippen LogP contribution in [0.5, 0.6) is 0 Å². The highest BCUT2D eigenvalue weighted by atomic mass is 16.7. The Bertz CT molecular complexity index is 568. The molecule has 25 heavy (non-hydrogen) atoms. The molecule has 138 valence electrons. The maximum atomic E-state index is 10.4. The topological polar surface area (TPSA) is 38.7 Å². The highest BCUT2D eigenvalue weighted by Gasteiger charge is 2.37. The number of ether oxygens (including phenoxy) is 2. The highest BCUT2D eigenvalue weighted by molar-refractivity contribution is 5.38. The van der Waals surface area contributed by atoms with Crippen LogP contribution in [0.25, 0.3) is 0 Å².